The molecule has 3 unspecified atom stereocenters. The second kappa shape index (κ2) is 10.7. The van der Waals surface area contributed by atoms with Crippen LogP contribution in [0.25, 0.3) is 0 Å². The number of ether oxygens (including phenoxy) is 3. The molecule has 29 heavy (non-hydrogen) atoms. The zero-order valence-corrected chi connectivity index (χ0v) is 17.5. The minimum absolute atomic E-state index is 0.111. The van der Waals surface area contributed by atoms with E-state index >= 15 is 0 Å². The van der Waals surface area contributed by atoms with E-state index in [1.165, 1.54) is 5.56 Å². The highest BCUT2D eigenvalue weighted by Crippen LogP contribution is 2.24. The van der Waals surface area contributed by atoms with Gasteiger partial charge in [0.25, 0.3) is 0 Å². The monoisotopic (exact) mass is 390 g/mol. The first-order chi connectivity index (χ1) is 14.2. The van der Waals surface area contributed by atoms with Crippen LogP contribution >= 0.6 is 0 Å². The van der Waals surface area contributed by atoms with Crippen molar-refractivity contribution in [2.75, 3.05) is 6.61 Å². The molecule has 0 radical (unpaired) electrons. The predicted octanol–water partition coefficient (Wildman–Crippen LogP) is 6.76. The van der Waals surface area contributed by atoms with Gasteiger partial charge in [-0.05, 0) is 54.7 Å². The lowest BCUT2D eigenvalue weighted by Crippen LogP contribution is -2.29. The molecule has 3 nitrogen and oxygen atoms in total. The standard InChI is InChI=1S/C26H30O3/c1-4-20(2)22-15-17-25(18-16-22)29-26(19-27-24-13-9-6-10-14-24)28-21(3)23-11-7-5-8-12-23/h5-18,20-21,26H,4,19H2,1-3H3. The van der Waals surface area contributed by atoms with Crippen molar-refractivity contribution in [2.24, 2.45) is 0 Å². The third-order valence-electron chi connectivity index (χ3n) is 5.08. The average molecular weight is 391 g/mol. The Morgan fingerprint density at radius 3 is 1.93 bits per heavy atom. The molecule has 3 rings (SSSR count). The summed E-state index contributed by atoms with van der Waals surface area (Å²) in [7, 11) is 0. The fourth-order valence-corrected chi connectivity index (χ4v) is 3.07. The topological polar surface area (TPSA) is 27.7 Å². The van der Waals surface area contributed by atoms with Crippen molar-refractivity contribution in [3.8, 4) is 11.5 Å². The Morgan fingerprint density at radius 2 is 1.31 bits per heavy atom. The molecule has 3 aromatic carbocycles. The van der Waals surface area contributed by atoms with E-state index in [1.54, 1.807) is 0 Å². The van der Waals surface area contributed by atoms with Gasteiger partial charge in [0.05, 0.1) is 6.10 Å². The van der Waals surface area contributed by atoms with Gasteiger partial charge in [0.15, 0.2) is 6.61 Å². The van der Waals surface area contributed by atoms with Gasteiger partial charge in [0.2, 0.25) is 6.29 Å². The average Bonchev–Trinajstić information content (AvgIpc) is 2.78. The molecule has 0 bridgehead atoms. The lowest BCUT2D eigenvalue weighted by atomic mass is 9.99. The van der Waals surface area contributed by atoms with Gasteiger partial charge in [0, 0.05) is 0 Å². The summed E-state index contributed by atoms with van der Waals surface area (Å²) in [6.07, 6.45) is 0.477. The maximum absolute atomic E-state index is 6.21. The fraction of sp³-hybridized carbons (Fsp3) is 0.308. The van der Waals surface area contributed by atoms with Crippen LogP contribution in [0, 0.1) is 0 Å². The largest absolute Gasteiger partial charge is 0.487 e. The van der Waals surface area contributed by atoms with Crippen LogP contribution in [0.4, 0.5) is 0 Å². The van der Waals surface area contributed by atoms with E-state index in [9.17, 15) is 0 Å². The highest BCUT2D eigenvalue weighted by molar-refractivity contribution is 5.29. The molecule has 0 spiro atoms. The van der Waals surface area contributed by atoms with Gasteiger partial charge in [-0.15, -0.1) is 0 Å². The number of para-hydroxylation sites is 1. The minimum Gasteiger partial charge on any atom is -0.487 e. The normalized spacial score (nSPS) is 14.0. The zero-order chi connectivity index (χ0) is 20.5. The van der Waals surface area contributed by atoms with Crippen LogP contribution in [0.3, 0.4) is 0 Å². The molecule has 0 heterocycles. The van der Waals surface area contributed by atoms with Crippen molar-refractivity contribution in [1.82, 2.24) is 0 Å². The van der Waals surface area contributed by atoms with E-state index in [-0.39, 0.29) is 6.10 Å². The number of hydrogen-bond donors (Lipinski definition) is 0. The maximum atomic E-state index is 6.21. The molecule has 0 aromatic heterocycles. The molecule has 0 saturated carbocycles. The van der Waals surface area contributed by atoms with Crippen molar-refractivity contribution in [3.05, 3.63) is 96.1 Å². The SMILES string of the molecule is CCC(C)c1ccc(OC(COc2ccccc2)OC(C)c2ccccc2)cc1. The molecular formula is C26H30O3. The molecule has 152 valence electrons. The molecule has 3 atom stereocenters. The number of hydrogen-bond acceptors (Lipinski definition) is 3. The quantitative estimate of drug-likeness (QED) is 0.358. The summed E-state index contributed by atoms with van der Waals surface area (Å²) in [5.41, 5.74) is 2.42. The minimum atomic E-state index is -0.528. The van der Waals surface area contributed by atoms with Gasteiger partial charge in [-0.25, -0.2) is 0 Å². The highest BCUT2D eigenvalue weighted by atomic mass is 16.7. The third kappa shape index (κ3) is 6.37. The van der Waals surface area contributed by atoms with E-state index < -0.39 is 6.29 Å². The molecule has 0 N–H and O–H groups in total. The number of rotatable bonds is 10. The fourth-order valence-electron chi connectivity index (χ4n) is 3.07. The highest BCUT2D eigenvalue weighted by Gasteiger charge is 2.18. The lowest BCUT2D eigenvalue weighted by molar-refractivity contribution is -0.132. The predicted molar refractivity (Wildman–Crippen MR) is 117 cm³/mol. The molecule has 3 aromatic rings. The smallest absolute Gasteiger partial charge is 0.234 e. The second-order valence-electron chi connectivity index (χ2n) is 7.24. The van der Waals surface area contributed by atoms with E-state index in [0.29, 0.717) is 12.5 Å². The van der Waals surface area contributed by atoms with Crippen molar-refractivity contribution in [3.63, 3.8) is 0 Å². The summed E-state index contributed by atoms with van der Waals surface area (Å²) in [4.78, 5) is 0. The molecule has 3 heteroatoms. The zero-order valence-electron chi connectivity index (χ0n) is 17.5. The summed E-state index contributed by atoms with van der Waals surface area (Å²) in [5, 5.41) is 0. The van der Waals surface area contributed by atoms with Crippen molar-refractivity contribution >= 4 is 0 Å². The first kappa shape index (κ1) is 20.9. The number of benzene rings is 3. The van der Waals surface area contributed by atoms with E-state index in [0.717, 1.165) is 23.5 Å². The van der Waals surface area contributed by atoms with Gasteiger partial charge >= 0.3 is 0 Å². The lowest BCUT2D eigenvalue weighted by Gasteiger charge is -2.24. The summed E-state index contributed by atoms with van der Waals surface area (Å²) in [5.74, 6) is 2.11. The maximum Gasteiger partial charge on any atom is 0.234 e. The van der Waals surface area contributed by atoms with Gasteiger partial charge in [-0.1, -0.05) is 74.5 Å². The van der Waals surface area contributed by atoms with Gasteiger partial charge in [-0.3, -0.25) is 0 Å². The Morgan fingerprint density at radius 1 is 0.690 bits per heavy atom. The van der Waals surface area contributed by atoms with Crippen LogP contribution in [0.1, 0.15) is 50.3 Å². The van der Waals surface area contributed by atoms with Crippen LogP contribution < -0.4 is 9.47 Å². The van der Waals surface area contributed by atoms with Crippen LogP contribution in [0.15, 0.2) is 84.9 Å². The van der Waals surface area contributed by atoms with Gasteiger partial charge in [-0.2, -0.15) is 0 Å². The molecule has 0 aliphatic rings. The molecule has 0 saturated heterocycles. The third-order valence-corrected chi connectivity index (χ3v) is 5.08. The van der Waals surface area contributed by atoms with E-state index in [1.807, 2.05) is 67.6 Å². The molecule has 0 amide bonds. The van der Waals surface area contributed by atoms with E-state index in [4.69, 9.17) is 14.2 Å². The molecule has 0 aliphatic carbocycles. The summed E-state index contributed by atoms with van der Waals surface area (Å²) in [6.45, 7) is 6.76. The van der Waals surface area contributed by atoms with Crippen molar-refractivity contribution in [1.29, 1.82) is 0 Å². The first-order valence-corrected chi connectivity index (χ1v) is 10.3. The molecule has 0 fully saturated rings. The molecular weight excluding hydrogens is 360 g/mol. The Bertz CT molecular complexity index is 831. The first-order valence-electron chi connectivity index (χ1n) is 10.3. The summed E-state index contributed by atoms with van der Waals surface area (Å²) < 4.78 is 18.3. The summed E-state index contributed by atoms with van der Waals surface area (Å²) in [6, 6.07) is 28.1. The second-order valence-corrected chi connectivity index (χ2v) is 7.24. The van der Waals surface area contributed by atoms with Crippen LogP contribution in [-0.4, -0.2) is 12.9 Å². The van der Waals surface area contributed by atoms with Crippen LogP contribution in [-0.2, 0) is 4.74 Å². The Kier molecular flexibility index (Phi) is 7.71. The van der Waals surface area contributed by atoms with Crippen molar-refractivity contribution < 1.29 is 14.2 Å². The molecule has 0 aliphatic heterocycles. The Labute approximate surface area is 174 Å². The van der Waals surface area contributed by atoms with Crippen LogP contribution in [0.2, 0.25) is 0 Å². The van der Waals surface area contributed by atoms with Crippen molar-refractivity contribution in [2.45, 2.75) is 45.5 Å². The Hall–Kier alpha value is -2.78. The van der Waals surface area contributed by atoms with Gasteiger partial charge < -0.3 is 14.2 Å². The summed E-state index contributed by atoms with van der Waals surface area (Å²) >= 11 is 0. The van der Waals surface area contributed by atoms with Gasteiger partial charge in [0.1, 0.15) is 11.5 Å². The van der Waals surface area contributed by atoms with E-state index in [2.05, 4.69) is 38.1 Å². The van der Waals surface area contributed by atoms with Crippen LogP contribution in [0.5, 0.6) is 11.5 Å². The Balaban J connectivity index is 1.69.